The second-order valence-corrected chi connectivity index (χ2v) is 5.16. The van der Waals surface area contributed by atoms with Gasteiger partial charge in [0.2, 0.25) is 5.91 Å². The van der Waals surface area contributed by atoms with Crippen LogP contribution in [0, 0.1) is 17.3 Å². The third-order valence-electron chi connectivity index (χ3n) is 3.73. The summed E-state index contributed by atoms with van der Waals surface area (Å²) >= 11 is 0. The average molecular weight is 223 g/mol. The summed E-state index contributed by atoms with van der Waals surface area (Å²) < 4.78 is 0. The molecule has 4 heteroatoms. The number of hydrogen-bond acceptors (Lipinski definition) is 2. The molecule has 0 aromatic heterocycles. The van der Waals surface area contributed by atoms with Gasteiger partial charge in [0, 0.05) is 13.1 Å². The maximum atomic E-state index is 12.1. The molecule has 1 heterocycles. The molecular formula is C12H17NO3. The van der Waals surface area contributed by atoms with Crippen molar-refractivity contribution in [3.8, 4) is 0 Å². The lowest BCUT2D eigenvalue weighted by Gasteiger charge is -2.24. The van der Waals surface area contributed by atoms with Gasteiger partial charge in [0.05, 0.1) is 11.8 Å². The van der Waals surface area contributed by atoms with Gasteiger partial charge in [-0.2, -0.15) is 0 Å². The second-order valence-electron chi connectivity index (χ2n) is 5.16. The lowest BCUT2D eigenvalue weighted by atomic mass is 10.1. The van der Waals surface area contributed by atoms with E-state index in [1.165, 1.54) is 0 Å². The zero-order valence-corrected chi connectivity index (χ0v) is 9.64. The van der Waals surface area contributed by atoms with Crippen molar-refractivity contribution in [2.24, 2.45) is 17.3 Å². The van der Waals surface area contributed by atoms with Crippen molar-refractivity contribution in [1.29, 1.82) is 0 Å². The summed E-state index contributed by atoms with van der Waals surface area (Å²) in [6, 6.07) is 0. The fraction of sp³-hybridized carbons (Fsp3) is 0.667. The van der Waals surface area contributed by atoms with Crippen LogP contribution in [0.2, 0.25) is 0 Å². The molecule has 1 amide bonds. The summed E-state index contributed by atoms with van der Waals surface area (Å²) in [5, 5.41) is 9.02. The number of hydrogen-bond donors (Lipinski definition) is 1. The van der Waals surface area contributed by atoms with Crippen molar-refractivity contribution in [2.75, 3.05) is 13.1 Å². The van der Waals surface area contributed by atoms with Crippen LogP contribution in [-0.2, 0) is 9.59 Å². The maximum absolute atomic E-state index is 12.1. The number of aliphatic carboxylic acids is 1. The first kappa shape index (κ1) is 11.2. The molecule has 1 saturated carbocycles. The fourth-order valence-electron chi connectivity index (χ4n) is 2.60. The van der Waals surface area contributed by atoms with Crippen LogP contribution in [0.1, 0.15) is 20.3 Å². The van der Waals surface area contributed by atoms with E-state index in [1.54, 1.807) is 4.90 Å². The molecule has 16 heavy (non-hydrogen) atoms. The zero-order valence-electron chi connectivity index (χ0n) is 9.64. The topological polar surface area (TPSA) is 57.6 Å². The molecule has 0 aromatic rings. The molecule has 0 aromatic carbocycles. The molecule has 88 valence electrons. The Morgan fingerprint density at radius 3 is 2.44 bits per heavy atom. The monoisotopic (exact) mass is 223 g/mol. The van der Waals surface area contributed by atoms with Crippen molar-refractivity contribution >= 4 is 11.9 Å². The summed E-state index contributed by atoms with van der Waals surface area (Å²) in [6.07, 6.45) is 4.89. The number of carbonyl (C=O) groups excluding carboxylic acids is 1. The van der Waals surface area contributed by atoms with Crippen LogP contribution in [0.4, 0.5) is 0 Å². The molecule has 2 aliphatic rings. The molecule has 1 fully saturated rings. The van der Waals surface area contributed by atoms with Crippen LogP contribution in [-0.4, -0.2) is 35.0 Å². The van der Waals surface area contributed by atoms with Crippen LogP contribution in [0.15, 0.2) is 12.2 Å². The summed E-state index contributed by atoms with van der Waals surface area (Å²) in [6.45, 7) is 5.05. The first-order valence-corrected chi connectivity index (χ1v) is 5.63. The summed E-state index contributed by atoms with van der Waals surface area (Å²) in [7, 11) is 0. The normalized spacial score (nSPS) is 31.2. The van der Waals surface area contributed by atoms with Crippen molar-refractivity contribution in [2.45, 2.75) is 20.3 Å². The number of amides is 1. The van der Waals surface area contributed by atoms with Gasteiger partial charge in [0.15, 0.2) is 0 Å². The van der Waals surface area contributed by atoms with Crippen LogP contribution < -0.4 is 0 Å². The molecule has 1 aliphatic carbocycles. The predicted molar refractivity (Wildman–Crippen MR) is 58.7 cm³/mol. The first-order chi connectivity index (χ1) is 7.46. The van der Waals surface area contributed by atoms with Gasteiger partial charge >= 0.3 is 5.97 Å². The number of carboxylic acids is 1. The Bertz CT molecular complexity index is 359. The van der Waals surface area contributed by atoms with Crippen molar-refractivity contribution in [1.82, 2.24) is 4.90 Å². The van der Waals surface area contributed by atoms with Gasteiger partial charge < -0.3 is 10.0 Å². The molecule has 0 radical (unpaired) electrons. The van der Waals surface area contributed by atoms with Crippen molar-refractivity contribution in [3.63, 3.8) is 0 Å². The van der Waals surface area contributed by atoms with E-state index < -0.39 is 11.9 Å². The number of rotatable bonds is 2. The van der Waals surface area contributed by atoms with E-state index in [4.69, 9.17) is 5.11 Å². The average Bonchev–Trinajstić information content (AvgIpc) is 2.82. The van der Waals surface area contributed by atoms with E-state index in [-0.39, 0.29) is 17.2 Å². The highest BCUT2D eigenvalue weighted by molar-refractivity contribution is 5.91. The van der Waals surface area contributed by atoms with Crippen molar-refractivity contribution < 1.29 is 14.7 Å². The Labute approximate surface area is 94.9 Å². The van der Waals surface area contributed by atoms with Gasteiger partial charge in [0.1, 0.15) is 0 Å². The molecule has 1 aliphatic heterocycles. The van der Waals surface area contributed by atoms with Gasteiger partial charge in [0.25, 0.3) is 0 Å². The summed E-state index contributed by atoms with van der Waals surface area (Å²) in [5.74, 6) is -1.69. The highest BCUT2D eigenvalue weighted by Gasteiger charge is 2.66. The minimum atomic E-state index is -0.851. The van der Waals surface area contributed by atoms with E-state index in [9.17, 15) is 9.59 Å². The minimum Gasteiger partial charge on any atom is -0.481 e. The van der Waals surface area contributed by atoms with E-state index >= 15 is 0 Å². The van der Waals surface area contributed by atoms with E-state index in [1.807, 2.05) is 19.9 Å². The number of carboxylic acid groups (broad SMARTS) is 1. The lowest BCUT2D eigenvalue weighted by Crippen LogP contribution is -2.36. The first-order valence-electron chi connectivity index (χ1n) is 5.63. The quantitative estimate of drug-likeness (QED) is 0.714. The third kappa shape index (κ3) is 1.62. The van der Waals surface area contributed by atoms with E-state index in [2.05, 4.69) is 6.08 Å². The predicted octanol–water partition coefficient (Wildman–Crippen LogP) is 1.13. The lowest BCUT2D eigenvalue weighted by molar-refractivity contribution is -0.142. The van der Waals surface area contributed by atoms with Gasteiger partial charge in [-0.3, -0.25) is 9.59 Å². The SMILES string of the molecule is CC1(C)[C@H](C(=O)O)[C@@H]1C(=O)N1CC=CCC1. The Morgan fingerprint density at radius 1 is 1.31 bits per heavy atom. The van der Waals surface area contributed by atoms with Gasteiger partial charge in [-0.05, 0) is 11.8 Å². The Morgan fingerprint density at radius 2 is 2.00 bits per heavy atom. The third-order valence-corrected chi connectivity index (χ3v) is 3.73. The maximum Gasteiger partial charge on any atom is 0.307 e. The molecule has 2 rings (SSSR count). The summed E-state index contributed by atoms with van der Waals surface area (Å²) in [4.78, 5) is 24.9. The van der Waals surface area contributed by atoms with E-state index in [0.29, 0.717) is 13.1 Å². The fourth-order valence-corrected chi connectivity index (χ4v) is 2.60. The number of nitrogens with zero attached hydrogens (tertiary/aromatic N) is 1. The molecule has 2 atom stereocenters. The molecule has 4 nitrogen and oxygen atoms in total. The van der Waals surface area contributed by atoms with Gasteiger partial charge in [-0.15, -0.1) is 0 Å². The number of carbonyl (C=O) groups is 2. The van der Waals surface area contributed by atoms with Crippen LogP contribution >= 0.6 is 0 Å². The second kappa shape index (κ2) is 3.61. The zero-order chi connectivity index (χ0) is 11.9. The molecule has 0 spiro atoms. The van der Waals surface area contributed by atoms with Crippen molar-refractivity contribution in [3.05, 3.63) is 12.2 Å². The van der Waals surface area contributed by atoms with Crippen LogP contribution in [0.25, 0.3) is 0 Å². The standard InChI is InChI=1S/C12H17NO3/c1-12(2)8(9(12)11(15)16)10(14)13-6-4-3-5-7-13/h3-4,8-9H,5-7H2,1-2H3,(H,15,16)/t8-,9+/m1/s1. The molecular weight excluding hydrogens is 206 g/mol. The Balaban J connectivity index is 2.06. The summed E-state index contributed by atoms with van der Waals surface area (Å²) in [5.41, 5.74) is -0.385. The molecule has 0 bridgehead atoms. The highest BCUT2D eigenvalue weighted by atomic mass is 16.4. The van der Waals surface area contributed by atoms with Crippen LogP contribution in [0.3, 0.4) is 0 Å². The van der Waals surface area contributed by atoms with Gasteiger partial charge in [-0.25, -0.2) is 0 Å². The Hall–Kier alpha value is -1.32. The molecule has 0 unspecified atom stereocenters. The smallest absolute Gasteiger partial charge is 0.307 e. The van der Waals surface area contributed by atoms with E-state index in [0.717, 1.165) is 6.42 Å². The van der Waals surface area contributed by atoms with Crippen LogP contribution in [0.5, 0.6) is 0 Å². The van der Waals surface area contributed by atoms with Gasteiger partial charge in [-0.1, -0.05) is 26.0 Å². The highest BCUT2D eigenvalue weighted by Crippen LogP contribution is 2.59. The Kier molecular flexibility index (Phi) is 2.52. The largest absolute Gasteiger partial charge is 0.481 e. The minimum absolute atomic E-state index is 0.00162. The molecule has 0 saturated heterocycles. The molecule has 1 N–H and O–H groups in total.